The van der Waals surface area contributed by atoms with Gasteiger partial charge in [-0.1, -0.05) is 30.7 Å². The quantitative estimate of drug-likeness (QED) is 0.654. The predicted molar refractivity (Wildman–Crippen MR) is 97.7 cm³/mol. The second kappa shape index (κ2) is 7.57. The van der Waals surface area contributed by atoms with Crippen LogP contribution in [0.1, 0.15) is 41.6 Å². The molecule has 2 rings (SSSR count). The van der Waals surface area contributed by atoms with Gasteiger partial charge in [0, 0.05) is 6.04 Å². The molecule has 20 heavy (non-hydrogen) atoms. The molecule has 0 aliphatic carbocycles. The number of nitrogens with one attached hydrogen (secondary N) is 1. The summed E-state index contributed by atoms with van der Waals surface area (Å²) in [6.45, 7) is 7.68. The van der Waals surface area contributed by atoms with Crippen LogP contribution in [0.3, 0.4) is 0 Å². The van der Waals surface area contributed by atoms with Crippen molar-refractivity contribution >= 4 is 33.9 Å². The number of hydrogen-bond donors (Lipinski definition) is 1. The van der Waals surface area contributed by atoms with Gasteiger partial charge in [0.15, 0.2) is 0 Å². The SMILES string of the molecule is CCCNC(Cc1cc(C)ccc1C)c1csc(I)c1. The summed E-state index contributed by atoms with van der Waals surface area (Å²) in [5.74, 6) is 0. The summed E-state index contributed by atoms with van der Waals surface area (Å²) in [5, 5.41) is 5.99. The first-order chi connectivity index (χ1) is 9.60. The van der Waals surface area contributed by atoms with E-state index in [1.165, 1.54) is 31.6 Å². The first-order valence-corrected chi connectivity index (χ1v) is 9.09. The molecule has 1 nitrogen and oxygen atoms in total. The zero-order valence-electron chi connectivity index (χ0n) is 12.4. The lowest BCUT2D eigenvalue weighted by molar-refractivity contribution is 0.529. The zero-order chi connectivity index (χ0) is 14.5. The highest BCUT2D eigenvalue weighted by atomic mass is 127. The van der Waals surface area contributed by atoms with Crippen LogP contribution in [0.25, 0.3) is 0 Å². The highest BCUT2D eigenvalue weighted by Crippen LogP contribution is 2.26. The Morgan fingerprint density at radius 2 is 2.05 bits per heavy atom. The molecule has 1 heterocycles. The first-order valence-electron chi connectivity index (χ1n) is 7.13. The van der Waals surface area contributed by atoms with Crippen LogP contribution >= 0.6 is 33.9 Å². The molecule has 3 heteroatoms. The van der Waals surface area contributed by atoms with Gasteiger partial charge < -0.3 is 5.32 Å². The van der Waals surface area contributed by atoms with Crippen LogP contribution < -0.4 is 5.32 Å². The number of halogens is 1. The van der Waals surface area contributed by atoms with Crippen molar-refractivity contribution in [2.75, 3.05) is 6.54 Å². The molecule has 0 aliphatic rings. The van der Waals surface area contributed by atoms with Crippen LogP contribution in [0.5, 0.6) is 0 Å². The molecule has 1 unspecified atom stereocenters. The zero-order valence-corrected chi connectivity index (χ0v) is 15.3. The van der Waals surface area contributed by atoms with Crippen molar-refractivity contribution in [2.45, 2.75) is 39.7 Å². The maximum Gasteiger partial charge on any atom is 0.0656 e. The second-order valence-corrected chi connectivity index (χ2v) is 8.13. The fourth-order valence-corrected chi connectivity index (χ4v) is 3.80. The van der Waals surface area contributed by atoms with Gasteiger partial charge in [-0.05, 0) is 84.0 Å². The van der Waals surface area contributed by atoms with Crippen LogP contribution in [0, 0.1) is 16.7 Å². The Morgan fingerprint density at radius 1 is 1.25 bits per heavy atom. The lowest BCUT2D eigenvalue weighted by Gasteiger charge is -2.19. The molecule has 0 saturated carbocycles. The van der Waals surface area contributed by atoms with Crippen molar-refractivity contribution in [1.82, 2.24) is 5.32 Å². The van der Waals surface area contributed by atoms with E-state index in [0.29, 0.717) is 6.04 Å². The van der Waals surface area contributed by atoms with E-state index in [-0.39, 0.29) is 0 Å². The lowest BCUT2D eigenvalue weighted by atomic mass is 9.96. The Labute approximate surface area is 139 Å². The van der Waals surface area contributed by atoms with Crippen LogP contribution in [-0.2, 0) is 6.42 Å². The number of benzene rings is 1. The summed E-state index contributed by atoms with van der Waals surface area (Å²) >= 11 is 4.24. The Hall–Kier alpha value is -0.390. The molecule has 0 bridgehead atoms. The molecule has 0 radical (unpaired) electrons. The third-order valence-corrected chi connectivity index (χ3v) is 5.37. The predicted octanol–water partition coefficient (Wildman–Crippen LogP) is 5.25. The minimum Gasteiger partial charge on any atom is -0.310 e. The van der Waals surface area contributed by atoms with Gasteiger partial charge in [-0.15, -0.1) is 11.3 Å². The summed E-state index contributed by atoms with van der Waals surface area (Å²) in [6.07, 6.45) is 2.24. The lowest BCUT2D eigenvalue weighted by Crippen LogP contribution is -2.24. The van der Waals surface area contributed by atoms with E-state index >= 15 is 0 Å². The average Bonchev–Trinajstić information content (AvgIpc) is 2.85. The molecular formula is C17H22INS. The van der Waals surface area contributed by atoms with Crippen LogP contribution in [0.4, 0.5) is 0 Å². The van der Waals surface area contributed by atoms with Crippen LogP contribution in [-0.4, -0.2) is 6.54 Å². The van der Waals surface area contributed by atoms with E-state index in [4.69, 9.17) is 0 Å². The third-order valence-electron chi connectivity index (χ3n) is 3.56. The van der Waals surface area contributed by atoms with Gasteiger partial charge >= 0.3 is 0 Å². The molecule has 2 aromatic rings. The Balaban J connectivity index is 2.21. The summed E-state index contributed by atoms with van der Waals surface area (Å²) in [4.78, 5) is 0. The van der Waals surface area contributed by atoms with E-state index in [1.807, 2.05) is 11.3 Å². The normalized spacial score (nSPS) is 12.6. The fraction of sp³-hybridized carbons (Fsp3) is 0.412. The molecule has 1 aromatic heterocycles. The maximum atomic E-state index is 3.70. The van der Waals surface area contributed by atoms with Gasteiger partial charge in [0.05, 0.1) is 2.88 Å². The maximum absolute atomic E-state index is 3.70. The van der Waals surface area contributed by atoms with Crippen molar-refractivity contribution in [3.05, 3.63) is 54.8 Å². The Bertz CT molecular complexity index is 562. The molecule has 1 aromatic carbocycles. The average molecular weight is 399 g/mol. The van der Waals surface area contributed by atoms with Gasteiger partial charge in [-0.2, -0.15) is 0 Å². The minimum atomic E-state index is 0.426. The van der Waals surface area contributed by atoms with Gasteiger partial charge in [0.2, 0.25) is 0 Å². The Morgan fingerprint density at radius 3 is 2.70 bits per heavy atom. The molecule has 1 N–H and O–H groups in total. The molecule has 108 valence electrons. The fourth-order valence-electron chi connectivity index (χ4n) is 2.37. The Kier molecular flexibility index (Phi) is 6.05. The van der Waals surface area contributed by atoms with Gasteiger partial charge in [-0.3, -0.25) is 0 Å². The van der Waals surface area contributed by atoms with Crippen molar-refractivity contribution in [3.63, 3.8) is 0 Å². The van der Waals surface area contributed by atoms with E-state index in [0.717, 1.165) is 13.0 Å². The van der Waals surface area contributed by atoms with Gasteiger partial charge in [0.25, 0.3) is 0 Å². The van der Waals surface area contributed by atoms with Crippen LogP contribution in [0.15, 0.2) is 29.6 Å². The van der Waals surface area contributed by atoms with E-state index in [1.54, 1.807) is 0 Å². The minimum absolute atomic E-state index is 0.426. The third kappa shape index (κ3) is 4.30. The number of aryl methyl sites for hydroxylation is 2. The van der Waals surface area contributed by atoms with Crippen molar-refractivity contribution in [1.29, 1.82) is 0 Å². The summed E-state index contributed by atoms with van der Waals surface area (Å²) in [5.41, 5.74) is 5.62. The van der Waals surface area contributed by atoms with Crippen molar-refractivity contribution < 1.29 is 0 Å². The molecule has 0 amide bonds. The number of thiophene rings is 1. The summed E-state index contributed by atoms with van der Waals surface area (Å²) in [6, 6.07) is 9.49. The van der Waals surface area contributed by atoms with E-state index in [2.05, 4.69) is 78.3 Å². The molecule has 0 fully saturated rings. The van der Waals surface area contributed by atoms with Gasteiger partial charge in [0.1, 0.15) is 0 Å². The first kappa shape index (κ1) is 16.0. The highest BCUT2D eigenvalue weighted by molar-refractivity contribution is 14.1. The van der Waals surface area contributed by atoms with E-state index in [9.17, 15) is 0 Å². The molecule has 1 atom stereocenters. The molecule has 0 saturated heterocycles. The second-order valence-electron chi connectivity index (χ2n) is 5.32. The highest BCUT2D eigenvalue weighted by Gasteiger charge is 2.14. The van der Waals surface area contributed by atoms with Gasteiger partial charge in [-0.25, -0.2) is 0 Å². The number of hydrogen-bond acceptors (Lipinski definition) is 2. The molecule has 0 spiro atoms. The summed E-state index contributed by atoms with van der Waals surface area (Å²) in [7, 11) is 0. The van der Waals surface area contributed by atoms with E-state index < -0.39 is 0 Å². The van der Waals surface area contributed by atoms with Crippen molar-refractivity contribution in [3.8, 4) is 0 Å². The standard InChI is InChI=1S/C17H22INS/c1-4-7-19-16(15-10-17(18)20-11-15)9-14-8-12(2)5-6-13(14)3/h5-6,8,10-11,16,19H,4,7,9H2,1-3H3. The number of rotatable bonds is 6. The summed E-state index contributed by atoms with van der Waals surface area (Å²) < 4.78 is 1.36. The largest absolute Gasteiger partial charge is 0.310 e. The van der Waals surface area contributed by atoms with Crippen LogP contribution in [0.2, 0.25) is 0 Å². The molecule has 0 aliphatic heterocycles. The monoisotopic (exact) mass is 399 g/mol. The molecular weight excluding hydrogens is 377 g/mol. The van der Waals surface area contributed by atoms with Crippen molar-refractivity contribution in [2.24, 2.45) is 0 Å². The topological polar surface area (TPSA) is 12.0 Å². The smallest absolute Gasteiger partial charge is 0.0656 e.